The number of pyridine rings is 2. The van der Waals surface area contributed by atoms with E-state index in [0.717, 1.165) is 27.1 Å². The number of fused-ring (bicyclic) bond motifs is 1. The average molecular weight is 480 g/mol. The van der Waals surface area contributed by atoms with Gasteiger partial charge in [0.05, 0.1) is 18.4 Å². The van der Waals surface area contributed by atoms with Crippen molar-refractivity contribution < 1.29 is 9.53 Å². The Labute approximate surface area is 188 Å². The number of nitrogens with one attached hydrogen (secondary N) is 1. The van der Waals surface area contributed by atoms with Gasteiger partial charge in [0.2, 0.25) is 0 Å². The minimum Gasteiger partial charge on any atom is -0.465 e. The first-order chi connectivity index (χ1) is 14.9. The van der Waals surface area contributed by atoms with Crippen molar-refractivity contribution in [3.05, 3.63) is 75.6 Å². The number of anilines is 2. The standard InChI is InChI=1S/C23H22BrN5O2/c1-13-10-14(2)27-22(19(13)25)26-12-15-8-9-29-18(11-15)28-20(21(29)24)16-6-4-5-7-17(16)23(30)31-3/h4-11H,12,25H2,1-3H3,(H,26,27). The number of hydrogen-bond donors (Lipinski definition) is 2. The van der Waals surface area contributed by atoms with Gasteiger partial charge in [-0.05, 0) is 65.2 Å². The summed E-state index contributed by atoms with van der Waals surface area (Å²) in [5.41, 5.74) is 12.3. The lowest BCUT2D eigenvalue weighted by Gasteiger charge is -2.11. The molecule has 0 aliphatic rings. The van der Waals surface area contributed by atoms with Gasteiger partial charge in [0, 0.05) is 24.0 Å². The van der Waals surface area contributed by atoms with E-state index in [2.05, 4.69) is 26.2 Å². The molecule has 0 aliphatic carbocycles. The number of imidazole rings is 1. The zero-order chi connectivity index (χ0) is 22.1. The van der Waals surface area contributed by atoms with Crippen molar-refractivity contribution in [2.45, 2.75) is 20.4 Å². The SMILES string of the molecule is COC(=O)c1ccccc1-c1nc2cc(CNc3nc(C)cc(C)c3N)ccn2c1Br. The zero-order valence-electron chi connectivity index (χ0n) is 17.4. The molecule has 3 N–H and O–H groups in total. The van der Waals surface area contributed by atoms with Crippen LogP contribution >= 0.6 is 15.9 Å². The molecular weight excluding hydrogens is 458 g/mol. The molecule has 0 amide bonds. The summed E-state index contributed by atoms with van der Waals surface area (Å²) < 4.78 is 7.61. The van der Waals surface area contributed by atoms with Gasteiger partial charge in [-0.3, -0.25) is 4.40 Å². The number of rotatable bonds is 5. The summed E-state index contributed by atoms with van der Waals surface area (Å²) in [5, 5.41) is 3.31. The monoisotopic (exact) mass is 479 g/mol. The third-order valence-corrected chi connectivity index (χ3v) is 5.83. The maximum absolute atomic E-state index is 12.2. The highest BCUT2D eigenvalue weighted by Gasteiger charge is 2.19. The number of nitrogens with zero attached hydrogens (tertiary/aromatic N) is 3. The van der Waals surface area contributed by atoms with Gasteiger partial charge in [-0.15, -0.1) is 0 Å². The summed E-state index contributed by atoms with van der Waals surface area (Å²) in [6.07, 6.45) is 1.94. The van der Waals surface area contributed by atoms with Gasteiger partial charge < -0.3 is 15.8 Å². The van der Waals surface area contributed by atoms with Crippen molar-refractivity contribution >= 4 is 39.1 Å². The Morgan fingerprint density at radius 3 is 2.74 bits per heavy atom. The first kappa shape index (κ1) is 20.9. The number of nitrogen functional groups attached to an aromatic ring is 1. The molecule has 0 bridgehead atoms. The number of aryl methyl sites for hydroxylation is 2. The van der Waals surface area contributed by atoms with E-state index < -0.39 is 5.97 Å². The molecular formula is C23H22BrN5O2. The lowest BCUT2D eigenvalue weighted by atomic mass is 10.1. The second-order valence-electron chi connectivity index (χ2n) is 7.25. The predicted molar refractivity (Wildman–Crippen MR) is 125 cm³/mol. The Hall–Kier alpha value is -3.39. The number of aromatic nitrogens is 3. The van der Waals surface area contributed by atoms with Crippen LogP contribution in [0.25, 0.3) is 16.9 Å². The third-order valence-electron chi connectivity index (χ3n) is 5.07. The summed E-state index contributed by atoms with van der Waals surface area (Å²) in [7, 11) is 1.37. The third kappa shape index (κ3) is 3.98. The van der Waals surface area contributed by atoms with Crippen molar-refractivity contribution in [2.75, 3.05) is 18.2 Å². The molecule has 0 saturated heterocycles. The van der Waals surface area contributed by atoms with Crippen LogP contribution in [0.3, 0.4) is 0 Å². The maximum atomic E-state index is 12.2. The smallest absolute Gasteiger partial charge is 0.338 e. The Bertz CT molecular complexity index is 1300. The second-order valence-corrected chi connectivity index (χ2v) is 8.00. The quantitative estimate of drug-likeness (QED) is 0.400. The van der Waals surface area contributed by atoms with E-state index in [9.17, 15) is 4.79 Å². The number of nitrogens with two attached hydrogens (primary N) is 1. The molecule has 4 rings (SSSR count). The number of esters is 1. The van der Waals surface area contributed by atoms with Crippen LogP contribution in [0, 0.1) is 13.8 Å². The number of hydrogen-bond acceptors (Lipinski definition) is 6. The van der Waals surface area contributed by atoms with Crippen molar-refractivity contribution in [2.24, 2.45) is 0 Å². The maximum Gasteiger partial charge on any atom is 0.338 e. The Kier molecular flexibility index (Phi) is 5.65. The Morgan fingerprint density at radius 1 is 1.19 bits per heavy atom. The lowest BCUT2D eigenvalue weighted by molar-refractivity contribution is 0.0601. The molecule has 0 fully saturated rings. The molecule has 0 aliphatic heterocycles. The molecule has 4 aromatic rings. The summed E-state index contributed by atoms with van der Waals surface area (Å²) >= 11 is 3.63. The molecule has 3 aromatic heterocycles. The molecule has 0 unspecified atom stereocenters. The number of methoxy groups -OCH3 is 1. The molecule has 1 aromatic carbocycles. The first-order valence-electron chi connectivity index (χ1n) is 9.71. The molecule has 3 heterocycles. The van der Waals surface area contributed by atoms with Gasteiger partial charge in [0.25, 0.3) is 0 Å². The highest BCUT2D eigenvalue weighted by molar-refractivity contribution is 9.10. The van der Waals surface area contributed by atoms with Crippen LogP contribution in [-0.4, -0.2) is 27.4 Å². The fraction of sp³-hybridized carbons (Fsp3) is 0.174. The lowest BCUT2D eigenvalue weighted by Crippen LogP contribution is -2.07. The second kappa shape index (κ2) is 8.39. The highest BCUT2D eigenvalue weighted by atomic mass is 79.9. The molecule has 0 atom stereocenters. The summed E-state index contributed by atoms with van der Waals surface area (Å²) in [5.74, 6) is 0.276. The van der Waals surface area contributed by atoms with Crippen molar-refractivity contribution in [3.63, 3.8) is 0 Å². The van der Waals surface area contributed by atoms with E-state index in [0.29, 0.717) is 34.9 Å². The van der Waals surface area contributed by atoms with Crippen LogP contribution in [0.15, 0.2) is 53.3 Å². The van der Waals surface area contributed by atoms with Crippen LogP contribution in [0.2, 0.25) is 0 Å². The number of ether oxygens (including phenoxy) is 1. The Morgan fingerprint density at radius 2 is 1.97 bits per heavy atom. The largest absolute Gasteiger partial charge is 0.465 e. The van der Waals surface area contributed by atoms with Gasteiger partial charge in [-0.1, -0.05) is 18.2 Å². The minimum atomic E-state index is -0.400. The zero-order valence-corrected chi connectivity index (χ0v) is 19.0. The Balaban J connectivity index is 1.67. The van der Waals surface area contributed by atoms with Crippen LogP contribution < -0.4 is 11.1 Å². The summed E-state index contributed by atoms with van der Waals surface area (Å²) in [6, 6.07) is 13.2. The van der Waals surface area contributed by atoms with E-state index in [1.807, 2.05) is 54.8 Å². The topological polar surface area (TPSA) is 94.5 Å². The molecule has 0 spiro atoms. The van der Waals surface area contributed by atoms with Gasteiger partial charge in [-0.25, -0.2) is 14.8 Å². The van der Waals surface area contributed by atoms with E-state index in [-0.39, 0.29) is 0 Å². The van der Waals surface area contributed by atoms with Gasteiger partial charge in [-0.2, -0.15) is 0 Å². The highest BCUT2D eigenvalue weighted by Crippen LogP contribution is 2.32. The fourth-order valence-corrected chi connectivity index (χ4v) is 4.09. The van der Waals surface area contributed by atoms with Gasteiger partial charge in [0.15, 0.2) is 0 Å². The number of carbonyl (C=O) groups excluding carboxylic acids is 1. The molecule has 8 heteroatoms. The first-order valence-corrected chi connectivity index (χ1v) is 10.5. The van der Waals surface area contributed by atoms with E-state index in [1.165, 1.54) is 7.11 Å². The van der Waals surface area contributed by atoms with Crippen LogP contribution in [-0.2, 0) is 11.3 Å². The molecule has 0 radical (unpaired) electrons. The van der Waals surface area contributed by atoms with Crippen molar-refractivity contribution in [1.29, 1.82) is 0 Å². The number of halogens is 1. The summed E-state index contributed by atoms with van der Waals surface area (Å²) in [4.78, 5) is 21.4. The minimum absolute atomic E-state index is 0.400. The normalized spacial score (nSPS) is 11.0. The molecule has 31 heavy (non-hydrogen) atoms. The number of carbonyl (C=O) groups is 1. The van der Waals surface area contributed by atoms with E-state index >= 15 is 0 Å². The van der Waals surface area contributed by atoms with Gasteiger partial charge in [0.1, 0.15) is 21.8 Å². The molecule has 158 valence electrons. The van der Waals surface area contributed by atoms with Crippen molar-refractivity contribution in [1.82, 2.24) is 14.4 Å². The average Bonchev–Trinajstić information content (AvgIpc) is 3.10. The van der Waals surface area contributed by atoms with Gasteiger partial charge >= 0.3 is 5.97 Å². The molecule has 7 nitrogen and oxygen atoms in total. The van der Waals surface area contributed by atoms with Crippen LogP contribution in [0.1, 0.15) is 27.2 Å². The van der Waals surface area contributed by atoms with E-state index in [1.54, 1.807) is 12.1 Å². The number of benzene rings is 1. The predicted octanol–water partition coefficient (Wildman–Crippen LogP) is 4.76. The van der Waals surface area contributed by atoms with E-state index in [4.69, 9.17) is 15.5 Å². The molecule has 0 saturated carbocycles. The van der Waals surface area contributed by atoms with Crippen molar-refractivity contribution in [3.8, 4) is 11.3 Å². The summed E-state index contributed by atoms with van der Waals surface area (Å²) in [6.45, 7) is 4.46. The fourth-order valence-electron chi connectivity index (χ4n) is 3.48. The van der Waals surface area contributed by atoms with Crippen LogP contribution in [0.4, 0.5) is 11.5 Å². The van der Waals surface area contributed by atoms with Crippen LogP contribution in [0.5, 0.6) is 0 Å².